The Morgan fingerprint density at radius 1 is 1.40 bits per heavy atom. The van der Waals surface area contributed by atoms with E-state index in [2.05, 4.69) is 5.32 Å². The molecule has 1 aromatic carbocycles. The fourth-order valence-corrected chi connectivity index (χ4v) is 1.65. The maximum atomic E-state index is 12.8. The van der Waals surface area contributed by atoms with Gasteiger partial charge in [-0.05, 0) is 18.1 Å². The Morgan fingerprint density at radius 3 is 2.40 bits per heavy atom. The highest BCUT2D eigenvalue weighted by molar-refractivity contribution is 5.55. The number of halogens is 3. The SMILES string of the molecule is CC(C)[C@@H](CO)Nc1ccc([N+](=O)[O-])c(C(F)(F)F)c1. The van der Waals surface area contributed by atoms with Crippen molar-refractivity contribution in [3.05, 3.63) is 33.9 Å². The van der Waals surface area contributed by atoms with Crippen molar-refractivity contribution in [2.75, 3.05) is 11.9 Å². The van der Waals surface area contributed by atoms with E-state index in [-0.39, 0.29) is 18.2 Å². The first-order valence-corrected chi connectivity index (χ1v) is 5.89. The standard InChI is InChI=1S/C12H15F3N2O3/c1-7(2)10(6-18)16-8-3-4-11(17(19)20)9(5-8)12(13,14)15/h3-5,7,10,16,18H,6H2,1-2H3/t10-/m1/s1. The van der Waals surface area contributed by atoms with Gasteiger partial charge in [-0.3, -0.25) is 10.1 Å². The van der Waals surface area contributed by atoms with E-state index >= 15 is 0 Å². The number of nitrogens with zero attached hydrogens (tertiary/aromatic N) is 1. The summed E-state index contributed by atoms with van der Waals surface area (Å²) in [5.74, 6) is -0.00970. The molecule has 0 aliphatic carbocycles. The van der Waals surface area contributed by atoms with E-state index in [1.165, 1.54) is 6.07 Å². The maximum Gasteiger partial charge on any atom is 0.423 e. The Bertz CT molecular complexity index is 489. The van der Waals surface area contributed by atoms with Crippen LogP contribution in [0.3, 0.4) is 0 Å². The van der Waals surface area contributed by atoms with Gasteiger partial charge in [-0.25, -0.2) is 0 Å². The molecule has 0 aliphatic heterocycles. The lowest BCUT2D eigenvalue weighted by Gasteiger charge is -2.21. The predicted octanol–water partition coefficient (Wildman–Crippen LogP) is 3.04. The van der Waals surface area contributed by atoms with Crippen molar-refractivity contribution < 1.29 is 23.2 Å². The van der Waals surface area contributed by atoms with E-state index in [1.54, 1.807) is 13.8 Å². The number of alkyl halides is 3. The lowest BCUT2D eigenvalue weighted by Crippen LogP contribution is -2.29. The quantitative estimate of drug-likeness (QED) is 0.646. The molecule has 0 amide bonds. The number of hydrogen-bond acceptors (Lipinski definition) is 4. The molecule has 0 unspecified atom stereocenters. The topological polar surface area (TPSA) is 75.4 Å². The van der Waals surface area contributed by atoms with Gasteiger partial charge in [0.25, 0.3) is 5.69 Å². The number of hydrogen-bond donors (Lipinski definition) is 2. The van der Waals surface area contributed by atoms with Crippen LogP contribution in [0.5, 0.6) is 0 Å². The van der Waals surface area contributed by atoms with Crippen molar-refractivity contribution >= 4 is 11.4 Å². The molecule has 5 nitrogen and oxygen atoms in total. The van der Waals surface area contributed by atoms with Crippen LogP contribution in [0.1, 0.15) is 19.4 Å². The lowest BCUT2D eigenvalue weighted by molar-refractivity contribution is -0.388. The summed E-state index contributed by atoms with van der Waals surface area (Å²) in [5.41, 5.74) is -2.23. The molecular weight excluding hydrogens is 277 g/mol. The Labute approximate surface area is 113 Å². The van der Waals surface area contributed by atoms with E-state index in [9.17, 15) is 23.3 Å². The third kappa shape index (κ3) is 3.83. The van der Waals surface area contributed by atoms with E-state index in [1.807, 2.05) is 0 Å². The summed E-state index contributed by atoms with van der Waals surface area (Å²) in [5, 5.41) is 22.5. The summed E-state index contributed by atoms with van der Waals surface area (Å²) in [7, 11) is 0. The predicted molar refractivity (Wildman–Crippen MR) is 67.4 cm³/mol. The Hall–Kier alpha value is -1.83. The van der Waals surface area contributed by atoms with E-state index in [0.29, 0.717) is 6.07 Å². The Kier molecular flexibility index (Phi) is 4.93. The van der Waals surface area contributed by atoms with Crippen LogP contribution in [0, 0.1) is 16.0 Å². The van der Waals surface area contributed by atoms with E-state index in [4.69, 9.17) is 5.11 Å². The number of aliphatic hydroxyl groups excluding tert-OH is 1. The summed E-state index contributed by atoms with van der Waals surface area (Å²) < 4.78 is 38.4. The number of aliphatic hydroxyl groups is 1. The van der Waals surface area contributed by atoms with Gasteiger partial charge in [0.1, 0.15) is 5.56 Å². The molecule has 0 saturated heterocycles. The first-order chi connectivity index (χ1) is 9.16. The Morgan fingerprint density at radius 2 is 2.00 bits per heavy atom. The summed E-state index contributed by atoms with van der Waals surface area (Å²) in [6.07, 6.45) is -4.81. The highest BCUT2D eigenvalue weighted by atomic mass is 19.4. The van der Waals surface area contributed by atoms with Crippen molar-refractivity contribution in [1.82, 2.24) is 0 Å². The van der Waals surface area contributed by atoms with Crippen LogP contribution < -0.4 is 5.32 Å². The molecule has 1 aromatic rings. The normalized spacial score (nSPS) is 13.3. The molecular formula is C12H15F3N2O3. The second-order valence-corrected chi connectivity index (χ2v) is 4.66. The summed E-state index contributed by atoms with van der Waals surface area (Å²) in [6, 6.07) is 2.25. The molecule has 0 bridgehead atoms. The third-order valence-corrected chi connectivity index (χ3v) is 2.85. The van der Waals surface area contributed by atoms with Gasteiger partial charge >= 0.3 is 6.18 Å². The molecule has 0 spiro atoms. The second kappa shape index (κ2) is 6.08. The highest BCUT2D eigenvalue weighted by Crippen LogP contribution is 2.37. The second-order valence-electron chi connectivity index (χ2n) is 4.66. The van der Waals surface area contributed by atoms with Gasteiger partial charge in [0, 0.05) is 11.8 Å². The van der Waals surface area contributed by atoms with Gasteiger partial charge in [-0.2, -0.15) is 13.2 Å². The van der Waals surface area contributed by atoms with Gasteiger partial charge in [0.15, 0.2) is 0 Å². The largest absolute Gasteiger partial charge is 0.423 e. The average Bonchev–Trinajstić information content (AvgIpc) is 2.34. The Balaban J connectivity index is 3.16. The molecule has 20 heavy (non-hydrogen) atoms. The fourth-order valence-electron chi connectivity index (χ4n) is 1.65. The minimum atomic E-state index is -4.81. The number of nitro groups is 1. The first kappa shape index (κ1) is 16.2. The minimum absolute atomic E-state index is 0.00970. The monoisotopic (exact) mass is 292 g/mol. The van der Waals surface area contributed by atoms with Crippen molar-refractivity contribution in [3.8, 4) is 0 Å². The van der Waals surface area contributed by atoms with Gasteiger partial charge in [-0.15, -0.1) is 0 Å². The molecule has 2 N–H and O–H groups in total. The van der Waals surface area contributed by atoms with Crippen molar-refractivity contribution in [3.63, 3.8) is 0 Å². The molecule has 1 rings (SSSR count). The van der Waals surface area contributed by atoms with Crippen LogP contribution >= 0.6 is 0 Å². The van der Waals surface area contributed by atoms with Gasteiger partial charge in [-0.1, -0.05) is 13.8 Å². The summed E-state index contributed by atoms with van der Waals surface area (Å²) >= 11 is 0. The summed E-state index contributed by atoms with van der Waals surface area (Å²) in [4.78, 5) is 9.54. The van der Waals surface area contributed by atoms with Crippen molar-refractivity contribution in [1.29, 1.82) is 0 Å². The molecule has 0 saturated carbocycles. The molecule has 0 heterocycles. The number of benzene rings is 1. The minimum Gasteiger partial charge on any atom is -0.394 e. The number of anilines is 1. The smallest absolute Gasteiger partial charge is 0.394 e. The van der Waals surface area contributed by atoms with E-state index < -0.39 is 28.4 Å². The van der Waals surface area contributed by atoms with Gasteiger partial charge in [0.05, 0.1) is 17.6 Å². The van der Waals surface area contributed by atoms with Crippen LogP contribution in [0.15, 0.2) is 18.2 Å². The highest BCUT2D eigenvalue weighted by Gasteiger charge is 2.38. The molecule has 112 valence electrons. The van der Waals surface area contributed by atoms with Crippen LogP contribution in [-0.4, -0.2) is 22.7 Å². The molecule has 0 radical (unpaired) electrons. The van der Waals surface area contributed by atoms with Crippen molar-refractivity contribution in [2.24, 2.45) is 5.92 Å². The van der Waals surface area contributed by atoms with Crippen LogP contribution in [0.2, 0.25) is 0 Å². The molecule has 0 aliphatic rings. The first-order valence-electron chi connectivity index (χ1n) is 5.89. The lowest BCUT2D eigenvalue weighted by atomic mass is 10.0. The van der Waals surface area contributed by atoms with Gasteiger partial charge in [0.2, 0.25) is 0 Å². The van der Waals surface area contributed by atoms with Crippen LogP contribution in [0.25, 0.3) is 0 Å². The van der Waals surface area contributed by atoms with E-state index in [0.717, 1.165) is 6.07 Å². The fraction of sp³-hybridized carbons (Fsp3) is 0.500. The zero-order valence-corrected chi connectivity index (χ0v) is 10.9. The molecule has 0 aromatic heterocycles. The summed E-state index contributed by atoms with van der Waals surface area (Å²) in [6.45, 7) is 3.34. The van der Waals surface area contributed by atoms with Crippen molar-refractivity contribution in [2.45, 2.75) is 26.1 Å². The zero-order chi connectivity index (χ0) is 15.5. The number of nitro benzene ring substituents is 1. The van der Waals surface area contributed by atoms with Crippen LogP contribution in [-0.2, 0) is 6.18 Å². The number of rotatable bonds is 5. The molecule has 1 atom stereocenters. The maximum absolute atomic E-state index is 12.8. The average molecular weight is 292 g/mol. The third-order valence-electron chi connectivity index (χ3n) is 2.85. The number of nitrogens with one attached hydrogen (secondary N) is 1. The van der Waals surface area contributed by atoms with Crippen LogP contribution in [0.4, 0.5) is 24.5 Å². The molecule has 8 heteroatoms. The molecule has 0 fully saturated rings. The zero-order valence-electron chi connectivity index (χ0n) is 10.9. The van der Waals surface area contributed by atoms with Gasteiger partial charge < -0.3 is 10.4 Å².